The van der Waals surface area contributed by atoms with Gasteiger partial charge in [-0.05, 0) is 66.9 Å². The van der Waals surface area contributed by atoms with Crippen LogP contribution >= 0.6 is 0 Å². The first kappa shape index (κ1) is 23.4. The van der Waals surface area contributed by atoms with Crippen LogP contribution in [0.1, 0.15) is 16.7 Å². The Balaban J connectivity index is 1.50. The van der Waals surface area contributed by atoms with Crippen LogP contribution in [0.15, 0.2) is 77.8 Å². The van der Waals surface area contributed by atoms with Crippen molar-refractivity contribution in [3.05, 3.63) is 89.5 Å². The summed E-state index contributed by atoms with van der Waals surface area (Å²) < 4.78 is 10.5. The van der Waals surface area contributed by atoms with Crippen molar-refractivity contribution < 1.29 is 9.47 Å². The molecule has 1 aliphatic rings. The van der Waals surface area contributed by atoms with Crippen molar-refractivity contribution in [3.8, 4) is 23.3 Å². The first-order valence-electron chi connectivity index (χ1n) is 11.5. The molecule has 0 unspecified atom stereocenters. The number of hydrogen-bond acceptors (Lipinski definition) is 4. The van der Waals surface area contributed by atoms with E-state index in [4.69, 9.17) is 14.5 Å². The number of amidine groups is 1. The smallest absolute Gasteiger partial charge is 0.182 e. The van der Waals surface area contributed by atoms with Gasteiger partial charge in [0.1, 0.15) is 11.5 Å². The van der Waals surface area contributed by atoms with Gasteiger partial charge in [-0.25, -0.2) is 4.99 Å². The normalized spacial score (nSPS) is 14.3. The quantitative estimate of drug-likeness (QED) is 0.312. The van der Waals surface area contributed by atoms with E-state index in [0.717, 1.165) is 61.3 Å². The van der Waals surface area contributed by atoms with E-state index in [2.05, 4.69) is 52.8 Å². The third-order valence-corrected chi connectivity index (χ3v) is 5.91. The molecule has 0 bridgehead atoms. The van der Waals surface area contributed by atoms with Gasteiger partial charge in [-0.2, -0.15) is 0 Å². The molecule has 1 saturated heterocycles. The molecule has 0 spiro atoms. The second kappa shape index (κ2) is 11.4. The fourth-order valence-electron chi connectivity index (χ4n) is 3.83. The van der Waals surface area contributed by atoms with E-state index in [1.54, 1.807) is 14.2 Å². The minimum absolute atomic E-state index is 0.788. The average Bonchev–Trinajstić information content (AvgIpc) is 2.89. The second-order valence-electron chi connectivity index (χ2n) is 8.36. The van der Waals surface area contributed by atoms with Crippen LogP contribution in [0.25, 0.3) is 0 Å². The van der Waals surface area contributed by atoms with Crippen LogP contribution in [0.5, 0.6) is 11.5 Å². The SMILES string of the molecule is COc1ccc(C#C/C(=N/c2ccc(OC)cc2)N2CCN(Cc3ccc(C)cc3)CC2)cc1. The van der Waals surface area contributed by atoms with Gasteiger partial charge in [0, 0.05) is 38.3 Å². The summed E-state index contributed by atoms with van der Waals surface area (Å²) in [6.07, 6.45) is 0. The summed E-state index contributed by atoms with van der Waals surface area (Å²) in [5.41, 5.74) is 4.44. The van der Waals surface area contributed by atoms with Crippen LogP contribution in [0, 0.1) is 18.8 Å². The molecule has 1 fully saturated rings. The van der Waals surface area contributed by atoms with Crippen LogP contribution in [0.3, 0.4) is 0 Å². The molecule has 0 aliphatic carbocycles. The number of nitrogens with zero attached hydrogens (tertiary/aromatic N) is 3. The molecule has 0 N–H and O–H groups in total. The topological polar surface area (TPSA) is 37.3 Å². The predicted octanol–water partition coefficient (Wildman–Crippen LogP) is 4.91. The van der Waals surface area contributed by atoms with Crippen molar-refractivity contribution in [2.24, 2.45) is 4.99 Å². The number of aryl methyl sites for hydroxylation is 1. The molecule has 5 heteroatoms. The number of methoxy groups -OCH3 is 2. The van der Waals surface area contributed by atoms with Crippen molar-refractivity contribution >= 4 is 11.5 Å². The first-order valence-corrected chi connectivity index (χ1v) is 11.5. The van der Waals surface area contributed by atoms with Crippen molar-refractivity contribution in [2.75, 3.05) is 40.4 Å². The van der Waals surface area contributed by atoms with Crippen LogP contribution in [0.4, 0.5) is 5.69 Å². The highest BCUT2D eigenvalue weighted by Gasteiger charge is 2.19. The molecular weight excluding hydrogens is 422 g/mol. The van der Waals surface area contributed by atoms with E-state index in [-0.39, 0.29) is 0 Å². The molecule has 174 valence electrons. The number of ether oxygens (including phenoxy) is 2. The molecule has 5 nitrogen and oxygen atoms in total. The maximum absolute atomic E-state index is 5.28. The molecule has 34 heavy (non-hydrogen) atoms. The maximum atomic E-state index is 5.28. The molecular formula is C29H31N3O2. The van der Waals surface area contributed by atoms with Crippen molar-refractivity contribution in [2.45, 2.75) is 13.5 Å². The Labute approximate surface area is 202 Å². The Morgan fingerprint density at radius 3 is 1.97 bits per heavy atom. The van der Waals surface area contributed by atoms with Gasteiger partial charge in [-0.15, -0.1) is 0 Å². The predicted molar refractivity (Wildman–Crippen MR) is 138 cm³/mol. The van der Waals surface area contributed by atoms with Gasteiger partial charge in [-0.3, -0.25) is 4.90 Å². The molecule has 0 saturated carbocycles. The molecule has 3 aromatic rings. The lowest BCUT2D eigenvalue weighted by molar-refractivity contribution is 0.176. The Morgan fingerprint density at radius 2 is 1.38 bits per heavy atom. The fourth-order valence-corrected chi connectivity index (χ4v) is 3.83. The Kier molecular flexibility index (Phi) is 7.85. The molecule has 1 aliphatic heterocycles. The van der Waals surface area contributed by atoms with Crippen molar-refractivity contribution in [3.63, 3.8) is 0 Å². The van der Waals surface area contributed by atoms with Crippen LogP contribution in [-0.2, 0) is 6.54 Å². The Morgan fingerprint density at radius 1 is 0.794 bits per heavy atom. The lowest BCUT2D eigenvalue weighted by Crippen LogP contribution is -2.48. The maximum Gasteiger partial charge on any atom is 0.182 e. The van der Waals surface area contributed by atoms with Gasteiger partial charge in [0.15, 0.2) is 5.84 Å². The van der Waals surface area contributed by atoms with Crippen LogP contribution in [0.2, 0.25) is 0 Å². The van der Waals surface area contributed by atoms with Gasteiger partial charge < -0.3 is 14.4 Å². The highest BCUT2D eigenvalue weighted by Crippen LogP contribution is 2.19. The summed E-state index contributed by atoms with van der Waals surface area (Å²) >= 11 is 0. The van der Waals surface area contributed by atoms with E-state index in [1.165, 1.54) is 11.1 Å². The largest absolute Gasteiger partial charge is 0.497 e. The third kappa shape index (κ3) is 6.40. The molecule has 4 rings (SSSR count). The fraction of sp³-hybridized carbons (Fsp3) is 0.276. The molecule has 0 amide bonds. The minimum atomic E-state index is 0.788. The number of piperazine rings is 1. The zero-order valence-corrected chi connectivity index (χ0v) is 20.1. The molecule has 0 atom stereocenters. The van der Waals surface area contributed by atoms with Crippen molar-refractivity contribution in [1.82, 2.24) is 9.80 Å². The van der Waals surface area contributed by atoms with E-state index >= 15 is 0 Å². The lowest BCUT2D eigenvalue weighted by atomic mass is 10.1. The van der Waals surface area contributed by atoms with Gasteiger partial charge in [0.05, 0.1) is 19.9 Å². The summed E-state index contributed by atoms with van der Waals surface area (Å²) in [5, 5.41) is 0. The second-order valence-corrected chi connectivity index (χ2v) is 8.36. The third-order valence-electron chi connectivity index (χ3n) is 5.91. The van der Waals surface area contributed by atoms with Gasteiger partial charge in [0.25, 0.3) is 0 Å². The minimum Gasteiger partial charge on any atom is -0.497 e. The Bertz CT molecular complexity index is 1150. The van der Waals surface area contributed by atoms with Crippen LogP contribution in [-0.4, -0.2) is 56.0 Å². The number of benzene rings is 3. The number of aliphatic imine (C=N–C) groups is 1. The van der Waals surface area contributed by atoms with Gasteiger partial charge in [-0.1, -0.05) is 35.7 Å². The number of rotatable bonds is 5. The van der Waals surface area contributed by atoms with Crippen molar-refractivity contribution in [1.29, 1.82) is 0 Å². The van der Waals surface area contributed by atoms with Gasteiger partial charge in [0.2, 0.25) is 0 Å². The molecule has 0 aromatic heterocycles. The average molecular weight is 454 g/mol. The summed E-state index contributed by atoms with van der Waals surface area (Å²) in [5.74, 6) is 9.03. The summed E-state index contributed by atoms with van der Waals surface area (Å²) in [6, 6.07) is 24.4. The van der Waals surface area contributed by atoms with E-state index in [0.29, 0.717) is 0 Å². The highest BCUT2D eigenvalue weighted by molar-refractivity contribution is 6.00. The molecule has 1 heterocycles. The van der Waals surface area contributed by atoms with E-state index in [9.17, 15) is 0 Å². The monoisotopic (exact) mass is 453 g/mol. The van der Waals surface area contributed by atoms with E-state index in [1.807, 2.05) is 48.5 Å². The first-order chi connectivity index (χ1) is 16.6. The van der Waals surface area contributed by atoms with Crippen LogP contribution < -0.4 is 9.47 Å². The zero-order chi connectivity index (χ0) is 23.8. The molecule has 3 aromatic carbocycles. The zero-order valence-electron chi connectivity index (χ0n) is 20.1. The highest BCUT2D eigenvalue weighted by atomic mass is 16.5. The van der Waals surface area contributed by atoms with Gasteiger partial charge >= 0.3 is 0 Å². The van der Waals surface area contributed by atoms with E-state index < -0.39 is 0 Å². The summed E-state index contributed by atoms with van der Waals surface area (Å²) in [6.45, 7) is 6.81. The Hall–Kier alpha value is -3.75. The molecule has 0 radical (unpaired) electrons. The number of hydrogen-bond donors (Lipinski definition) is 0. The summed E-state index contributed by atoms with van der Waals surface area (Å²) in [7, 11) is 3.33. The lowest BCUT2D eigenvalue weighted by Gasteiger charge is -2.35. The summed E-state index contributed by atoms with van der Waals surface area (Å²) in [4.78, 5) is 9.67. The standard InChI is InChI=1S/C29H31N3O2/c1-23-4-6-25(7-5-23)22-31-18-20-32(21-19-31)29(30-26-11-15-28(34-3)16-12-26)17-10-24-8-13-27(33-2)14-9-24/h4-9,11-16H,18-22H2,1-3H3/b30-29-.